The van der Waals surface area contributed by atoms with Gasteiger partial charge in [-0.2, -0.15) is 0 Å². The minimum atomic E-state index is -4.35. The molecule has 0 spiro atoms. The van der Waals surface area contributed by atoms with E-state index in [1.165, 1.54) is 327 Å². The Hall–Kier alpha value is -0.760. The second-order valence-corrected chi connectivity index (χ2v) is 27.4. The summed E-state index contributed by atoms with van der Waals surface area (Å²) in [4.78, 5) is 23.4. The van der Waals surface area contributed by atoms with Crippen molar-refractivity contribution in [3.05, 3.63) is 12.2 Å². The zero-order valence-electron chi connectivity index (χ0n) is 54.2. The van der Waals surface area contributed by atoms with Crippen LogP contribution in [0.5, 0.6) is 0 Å². The predicted molar refractivity (Wildman–Crippen MR) is 346 cm³/mol. The molecule has 8 nitrogen and oxygen atoms in total. The second kappa shape index (κ2) is 61.8. The number of likely N-dealkylation sites (N-methyl/N-ethyl adjacent to an activating group) is 1. The van der Waals surface area contributed by atoms with Crippen LogP contribution in [-0.2, 0) is 18.4 Å². The molecule has 9 heteroatoms. The summed E-state index contributed by atoms with van der Waals surface area (Å²) in [6, 6.07) is -0.844. The molecule has 3 N–H and O–H groups in total. The van der Waals surface area contributed by atoms with Gasteiger partial charge in [0.25, 0.3) is 0 Å². The quantitative estimate of drug-likeness (QED) is 0.0243. The van der Waals surface area contributed by atoms with Crippen molar-refractivity contribution >= 4 is 13.7 Å². The molecule has 0 aliphatic heterocycles. The van der Waals surface area contributed by atoms with Crippen molar-refractivity contribution in [2.24, 2.45) is 0 Å². The Morgan fingerprint density at radius 2 is 0.671 bits per heavy atom. The maximum absolute atomic E-state index is 13.1. The Morgan fingerprint density at radius 1 is 0.418 bits per heavy atom. The van der Waals surface area contributed by atoms with Gasteiger partial charge in [-0.05, 0) is 19.3 Å². The van der Waals surface area contributed by atoms with Crippen LogP contribution in [0, 0.1) is 0 Å². The van der Waals surface area contributed by atoms with Crippen molar-refractivity contribution in [1.82, 2.24) is 5.32 Å². The number of quaternary nitrogens is 1. The number of aliphatic hydroxyl groups is 1. The molecule has 0 bridgehead atoms. The first-order chi connectivity index (χ1) is 38.5. The van der Waals surface area contributed by atoms with Crippen LogP contribution in [0.2, 0.25) is 0 Å². The maximum atomic E-state index is 13.1. The SMILES string of the molecule is CCCCCCCCCCCCCCCCCCCCCCCC/C=C/C(O)C(COP(=O)(O)OCC[N+](C)(C)C)NC(=O)CCCCCCCCCCCCCCCCCCCCCCCCCCCCCCCCCCC. The molecule has 472 valence electrons. The zero-order chi connectivity index (χ0) is 57.7. The molecule has 0 aliphatic carbocycles. The topological polar surface area (TPSA) is 105 Å². The lowest BCUT2D eigenvalue weighted by molar-refractivity contribution is -0.870. The van der Waals surface area contributed by atoms with Crippen LogP contribution in [0.1, 0.15) is 380 Å². The van der Waals surface area contributed by atoms with E-state index in [1.807, 2.05) is 27.2 Å². The summed E-state index contributed by atoms with van der Waals surface area (Å²) in [5, 5.41) is 14.0. The van der Waals surface area contributed by atoms with Crippen LogP contribution in [0.3, 0.4) is 0 Å². The number of hydrogen-bond donors (Lipinski definition) is 3. The molecule has 0 rings (SSSR count). The smallest absolute Gasteiger partial charge is 0.387 e. The summed E-state index contributed by atoms with van der Waals surface area (Å²) in [7, 11) is 1.60. The maximum Gasteiger partial charge on any atom is 0.472 e. The fraction of sp³-hybridized carbons (Fsp3) is 0.957. The number of unbranched alkanes of at least 4 members (excludes halogenated alkanes) is 54. The van der Waals surface area contributed by atoms with Gasteiger partial charge in [0.05, 0.1) is 39.9 Å². The predicted octanol–water partition coefficient (Wildman–Crippen LogP) is 22.5. The molecule has 0 saturated heterocycles. The monoisotopic (exact) mass is 1140 g/mol. The molecule has 1 amide bonds. The van der Waals surface area contributed by atoms with E-state index in [0.29, 0.717) is 17.4 Å². The molecule has 0 heterocycles. The minimum absolute atomic E-state index is 0.0655. The Bertz CT molecular complexity index is 1290. The Balaban J connectivity index is 3.99. The highest BCUT2D eigenvalue weighted by atomic mass is 31.2. The Morgan fingerprint density at radius 3 is 0.937 bits per heavy atom. The molecule has 0 radical (unpaired) electrons. The number of amides is 1. The Labute approximate surface area is 494 Å². The number of rotatable bonds is 67. The highest BCUT2D eigenvalue weighted by Crippen LogP contribution is 2.43. The van der Waals surface area contributed by atoms with Gasteiger partial charge in [-0.3, -0.25) is 13.8 Å². The van der Waals surface area contributed by atoms with Gasteiger partial charge in [0.2, 0.25) is 5.91 Å². The molecule has 0 aromatic carbocycles. The molecule has 79 heavy (non-hydrogen) atoms. The fourth-order valence-electron chi connectivity index (χ4n) is 11.2. The minimum Gasteiger partial charge on any atom is -0.387 e. The molecule has 0 saturated carbocycles. The zero-order valence-corrected chi connectivity index (χ0v) is 55.1. The fourth-order valence-corrected chi connectivity index (χ4v) is 12.0. The van der Waals surface area contributed by atoms with E-state index in [-0.39, 0.29) is 19.1 Å². The van der Waals surface area contributed by atoms with E-state index in [2.05, 4.69) is 19.2 Å². The molecule has 0 aromatic rings. The third kappa shape index (κ3) is 64.7. The molecule has 0 aromatic heterocycles. The van der Waals surface area contributed by atoms with Crippen molar-refractivity contribution in [2.45, 2.75) is 392 Å². The average molecular weight is 1140 g/mol. The number of allylic oxidation sites excluding steroid dienone is 1. The lowest BCUT2D eigenvalue weighted by atomic mass is 10.0. The summed E-state index contributed by atoms with van der Waals surface area (Å²) in [5.41, 5.74) is 0. The van der Waals surface area contributed by atoms with Crippen LogP contribution in [0.25, 0.3) is 0 Å². The van der Waals surface area contributed by atoms with Crippen LogP contribution in [-0.4, -0.2) is 73.4 Å². The van der Waals surface area contributed by atoms with E-state index in [4.69, 9.17) is 9.05 Å². The summed E-state index contributed by atoms with van der Waals surface area (Å²) >= 11 is 0. The van der Waals surface area contributed by atoms with E-state index in [0.717, 1.165) is 32.1 Å². The molecule has 3 atom stereocenters. The van der Waals surface area contributed by atoms with Crippen molar-refractivity contribution < 1.29 is 32.9 Å². The highest BCUT2D eigenvalue weighted by Gasteiger charge is 2.28. The van der Waals surface area contributed by atoms with Gasteiger partial charge in [-0.25, -0.2) is 4.57 Å². The Kier molecular flexibility index (Phi) is 61.2. The largest absolute Gasteiger partial charge is 0.472 e. The van der Waals surface area contributed by atoms with Crippen molar-refractivity contribution in [3.63, 3.8) is 0 Å². The van der Waals surface area contributed by atoms with Gasteiger partial charge in [-0.1, -0.05) is 366 Å². The average Bonchev–Trinajstić information content (AvgIpc) is 3.42. The number of aliphatic hydroxyl groups excluding tert-OH is 1. The van der Waals surface area contributed by atoms with Gasteiger partial charge in [0.15, 0.2) is 0 Å². The number of nitrogens with zero attached hydrogens (tertiary/aromatic N) is 1. The third-order valence-electron chi connectivity index (χ3n) is 16.8. The van der Waals surface area contributed by atoms with Gasteiger partial charge in [-0.15, -0.1) is 0 Å². The number of hydrogen-bond acceptors (Lipinski definition) is 5. The van der Waals surface area contributed by atoms with Crippen LogP contribution < -0.4 is 5.32 Å². The second-order valence-electron chi connectivity index (χ2n) is 26.0. The lowest BCUT2D eigenvalue weighted by Gasteiger charge is -2.25. The third-order valence-corrected chi connectivity index (χ3v) is 17.7. The molecular weight excluding hydrogens is 996 g/mol. The van der Waals surface area contributed by atoms with E-state index in [1.54, 1.807) is 6.08 Å². The molecule has 0 aliphatic rings. The number of phosphoric ester groups is 1. The van der Waals surface area contributed by atoms with Crippen LogP contribution >= 0.6 is 7.82 Å². The van der Waals surface area contributed by atoms with Crippen molar-refractivity contribution in [2.75, 3.05) is 40.9 Å². The van der Waals surface area contributed by atoms with Gasteiger partial charge in [0.1, 0.15) is 13.2 Å². The summed E-state index contributed by atoms with van der Waals surface area (Å²) in [5.74, 6) is -0.167. The van der Waals surface area contributed by atoms with Crippen molar-refractivity contribution in [1.29, 1.82) is 0 Å². The van der Waals surface area contributed by atoms with E-state index in [9.17, 15) is 19.4 Å². The van der Waals surface area contributed by atoms with Crippen LogP contribution in [0.4, 0.5) is 0 Å². The summed E-state index contributed by atoms with van der Waals surface area (Å²) in [6.45, 7) is 4.89. The van der Waals surface area contributed by atoms with E-state index >= 15 is 0 Å². The molecule has 0 fully saturated rings. The summed E-state index contributed by atoms with van der Waals surface area (Å²) in [6.07, 6.45) is 79.4. The highest BCUT2D eigenvalue weighted by molar-refractivity contribution is 7.47. The summed E-state index contributed by atoms with van der Waals surface area (Å²) < 4.78 is 23.8. The number of carbonyl (C=O) groups is 1. The standard InChI is InChI=1S/C70H141N2O6P/c1-6-8-10-12-14-16-18-20-22-24-26-28-30-32-33-34-35-36-37-38-39-40-42-44-46-48-50-52-54-56-58-60-62-64-70(74)71-68(67-78-79(75,76)77-66-65-72(3,4)5)69(73)63-61-59-57-55-53-51-49-47-45-43-41-31-29-27-25-23-21-19-17-15-13-11-9-7-2/h61,63,68-69,73H,6-60,62,64-67H2,1-5H3,(H-,71,74,75,76)/p+1/b63-61+. The lowest BCUT2D eigenvalue weighted by Crippen LogP contribution is -2.45. The van der Waals surface area contributed by atoms with E-state index < -0.39 is 20.0 Å². The number of phosphoric acid groups is 1. The first-order valence-corrected chi connectivity index (χ1v) is 37.1. The van der Waals surface area contributed by atoms with Crippen molar-refractivity contribution in [3.8, 4) is 0 Å². The first-order valence-electron chi connectivity index (χ1n) is 35.6. The van der Waals surface area contributed by atoms with Gasteiger partial charge in [0, 0.05) is 6.42 Å². The van der Waals surface area contributed by atoms with Crippen LogP contribution in [0.15, 0.2) is 12.2 Å². The molecule has 3 unspecified atom stereocenters. The molecular formula is C70H142N2O6P+. The van der Waals surface area contributed by atoms with Gasteiger partial charge >= 0.3 is 7.82 Å². The van der Waals surface area contributed by atoms with Gasteiger partial charge < -0.3 is 19.8 Å². The first kappa shape index (κ1) is 78.2. The number of carbonyl (C=O) groups excluding carboxylic acids is 1. The normalized spacial score (nSPS) is 13.7. The number of nitrogens with one attached hydrogen (secondary N) is 1.